The molecule has 0 aromatic carbocycles. The predicted octanol–water partition coefficient (Wildman–Crippen LogP) is 1.75. The Balaban J connectivity index is 2.06. The first kappa shape index (κ1) is 14.1. The zero-order valence-electron chi connectivity index (χ0n) is 12.3. The summed E-state index contributed by atoms with van der Waals surface area (Å²) in [6.45, 7) is 12.9. The Labute approximate surface area is 116 Å². The van der Waals surface area contributed by atoms with Crippen LogP contribution in [0.15, 0.2) is 6.20 Å². The molecule has 1 fully saturated rings. The summed E-state index contributed by atoms with van der Waals surface area (Å²) in [7, 11) is 0. The topological polar surface area (TPSA) is 44.3 Å². The van der Waals surface area contributed by atoms with Gasteiger partial charge in [0, 0.05) is 44.5 Å². The van der Waals surface area contributed by atoms with E-state index >= 15 is 0 Å². The van der Waals surface area contributed by atoms with Gasteiger partial charge in [-0.05, 0) is 19.9 Å². The lowest BCUT2D eigenvalue weighted by atomic mass is 10.2. The van der Waals surface area contributed by atoms with Crippen molar-refractivity contribution in [3.63, 3.8) is 0 Å². The molecule has 0 saturated carbocycles. The van der Waals surface area contributed by atoms with Gasteiger partial charge in [0.15, 0.2) is 0 Å². The lowest BCUT2D eigenvalue weighted by molar-refractivity contribution is 0.270. The number of hydrogen-bond acceptors (Lipinski definition) is 5. The number of aromatic nitrogens is 2. The van der Waals surface area contributed by atoms with Crippen LogP contribution in [0.2, 0.25) is 0 Å². The van der Waals surface area contributed by atoms with Crippen molar-refractivity contribution in [1.29, 1.82) is 0 Å². The fourth-order valence-corrected chi connectivity index (χ4v) is 2.35. The van der Waals surface area contributed by atoms with Gasteiger partial charge in [-0.15, -0.1) is 0 Å². The third-order valence-electron chi connectivity index (χ3n) is 3.60. The molecule has 1 aromatic rings. The number of hydrogen-bond donors (Lipinski definition) is 1. The van der Waals surface area contributed by atoms with Crippen LogP contribution in [0.5, 0.6) is 0 Å². The maximum absolute atomic E-state index is 4.67. The molecule has 0 radical (unpaired) electrons. The lowest BCUT2D eigenvalue weighted by Gasteiger charge is -2.35. The minimum absolute atomic E-state index is 0.750. The van der Waals surface area contributed by atoms with Crippen LogP contribution in [-0.2, 0) is 0 Å². The molecule has 1 aliphatic heterocycles. The molecule has 2 heterocycles. The summed E-state index contributed by atoms with van der Waals surface area (Å²) in [4.78, 5) is 13.9. The van der Waals surface area contributed by atoms with Crippen LogP contribution in [0.1, 0.15) is 25.8 Å². The van der Waals surface area contributed by atoms with Crippen molar-refractivity contribution in [2.75, 3.05) is 49.5 Å². The minimum Gasteiger partial charge on any atom is -0.354 e. The first-order valence-corrected chi connectivity index (χ1v) is 7.29. The van der Waals surface area contributed by atoms with Crippen LogP contribution in [0.4, 0.5) is 11.8 Å². The highest BCUT2D eigenvalue weighted by Gasteiger charge is 2.18. The summed E-state index contributed by atoms with van der Waals surface area (Å²) < 4.78 is 0. The molecule has 0 spiro atoms. The van der Waals surface area contributed by atoms with Gasteiger partial charge in [0.25, 0.3) is 0 Å². The fourth-order valence-electron chi connectivity index (χ4n) is 2.35. The van der Waals surface area contributed by atoms with Gasteiger partial charge in [-0.3, -0.25) is 0 Å². The zero-order chi connectivity index (χ0) is 13.7. The van der Waals surface area contributed by atoms with E-state index in [1.807, 2.05) is 6.20 Å². The smallest absolute Gasteiger partial charge is 0.224 e. The lowest BCUT2D eigenvalue weighted by Crippen LogP contribution is -2.46. The van der Waals surface area contributed by atoms with E-state index in [0.717, 1.165) is 63.0 Å². The van der Waals surface area contributed by atoms with Crippen molar-refractivity contribution < 1.29 is 0 Å². The quantitative estimate of drug-likeness (QED) is 0.877. The highest BCUT2D eigenvalue weighted by molar-refractivity contribution is 5.49. The fraction of sp³-hybridized carbons (Fsp3) is 0.714. The van der Waals surface area contributed by atoms with E-state index in [1.54, 1.807) is 0 Å². The first-order valence-electron chi connectivity index (χ1n) is 7.29. The molecule has 0 bridgehead atoms. The third kappa shape index (κ3) is 3.56. The standard InChI is InChI=1S/C14H25N5/c1-4-6-15-14-16-11-12(3)13(17-14)19-9-7-18(5-2)8-10-19/h11H,4-10H2,1-3H3,(H,15,16,17). The maximum Gasteiger partial charge on any atom is 0.224 e. The van der Waals surface area contributed by atoms with Gasteiger partial charge in [0.05, 0.1) is 0 Å². The summed E-state index contributed by atoms with van der Waals surface area (Å²) in [6.07, 6.45) is 3.01. The molecule has 0 atom stereocenters. The Bertz CT molecular complexity index is 399. The number of nitrogens with one attached hydrogen (secondary N) is 1. The van der Waals surface area contributed by atoms with E-state index in [1.165, 1.54) is 0 Å². The molecule has 0 amide bonds. The van der Waals surface area contributed by atoms with E-state index in [9.17, 15) is 0 Å². The Morgan fingerprint density at radius 2 is 1.95 bits per heavy atom. The highest BCUT2D eigenvalue weighted by atomic mass is 15.3. The summed E-state index contributed by atoms with van der Waals surface area (Å²) in [5.41, 5.74) is 1.16. The van der Waals surface area contributed by atoms with Crippen molar-refractivity contribution >= 4 is 11.8 Å². The van der Waals surface area contributed by atoms with E-state index in [-0.39, 0.29) is 0 Å². The normalized spacial score (nSPS) is 16.7. The van der Waals surface area contributed by atoms with Crippen molar-refractivity contribution in [1.82, 2.24) is 14.9 Å². The molecule has 1 N–H and O–H groups in total. The van der Waals surface area contributed by atoms with Crippen molar-refractivity contribution in [2.45, 2.75) is 27.2 Å². The SMILES string of the molecule is CCCNc1ncc(C)c(N2CCN(CC)CC2)n1. The Hall–Kier alpha value is -1.36. The van der Waals surface area contributed by atoms with Gasteiger partial charge >= 0.3 is 0 Å². The second-order valence-electron chi connectivity index (χ2n) is 5.05. The zero-order valence-corrected chi connectivity index (χ0v) is 12.3. The van der Waals surface area contributed by atoms with E-state index in [2.05, 4.69) is 45.9 Å². The summed E-state index contributed by atoms with van der Waals surface area (Å²) in [6, 6.07) is 0. The van der Waals surface area contributed by atoms with Crippen LogP contribution in [0.25, 0.3) is 0 Å². The predicted molar refractivity (Wildman–Crippen MR) is 79.9 cm³/mol. The molecule has 1 aromatic heterocycles. The second-order valence-corrected chi connectivity index (χ2v) is 5.05. The molecule has 1 saturated heterocycles. The Kier molecular flexibility index (Phi) is 4.96. The van der Waals surface area contributed by atoms with Gasteiger partial charge in [-0.2, -0.15) is 4.98 Å². The van der Waals surface area contributed by atoms with Gasteiger partial charge < -0.3 is 15.1 Å². The molecule has 106 valence electrons. The average Bonchev–Trinajstić information content (AvgIpc) is 2.46. The van der Waals surface area contributed by atoms with Crippen molar-refractivity contribution in [3.05, 3.63) is 11.8 Å². The van der Waals surface area contributed by atoms with Crippen LogP contribution in [-0.4, -0.2) is 54.1 Å². The number of anilines is 2. The van der Waals surface area contributed by atoms with Crippen LogP contribution in [0.3, 0.4) is 0 Å². The number of aryl methyl sites for hydroxylation is 1. The largest absolute Gasteiger partial charge is 0.354 e. The monoisotopic (exact) mass is 263 g/mol. The molecule has 5 heteroatoms. The van der Waals surface area contributed by atoms with Crippen LogP contribution >= 0.6 is 0 Å². The second kappa shape index (κ2) is 6.70. The van der Waals surface area contributed by atoms with Crippen LogP contribution < -0.4 is 10.2 Å². The van der Waals surface area contributed by atoms with E-state index < -0.39 is 0 Å². The summed E-state index contributed by atoms with van der Waals surface area (Å²) >= 11 is 0. The molecule has 2 rings (SSSR count). The molecular formula is C14H25N5. The first-order chi connectivity index (χ1) is 9.24. The van der Waals surface area contributed by atoms with Crippen molar-refractivity contribution in [3.8, 4) is 0 Å². The number of likely N-dealkylation sites (N-methyl/N-ethyl adjacent to an activating group) is 1. The molecule has 0 unspecified atom stereocenters. The average molecular weight is 263 g/mol. The molecule has 0 aliphatic carbocycles. The van der Waals surface area contributed by atoms with Crippen molar-refractivity contribution in [2.24, 2.45) is 0 Å². The van der Waals surface area contributed by atoms with Gasteiger partial charge in [-0.1, -0.05) is 13.8 Å². The van der Waals surface area contributed by atoms with Gasteiger partial charge in [0.2, 0.25) is 5.95 Å². The third-order valence-corrected chi connectivity index (χ3v) is 3.60. The minimum atomic E-state index is 0.750. The molecule has 1 aliphatic rings. The number of piperazine rings is 1. The maximum atomic E-state index is 4.67. The molecule has 19 heavy (non-hydrogen) atoms. The molecular weight excluding hydrogens is 238 g/mol. The van der Waals surface area contributed by atoms with E-state index in [4.69, 9.17) is 0 Å². The number of nitrogens with zero attached hydrogens (tertiary/aromatic N) is 4. The van der Waals surface area contributed by atoms with Crippen LogP contribution in [0, 0.1) is 6.92 Å². The highest BCUT2D eigenvalue weighted by Crippen LogP contribution is 2.19. The van der Waals surface area contributed by atoms with Gasteiger partial charge in [0.1, 0.15) is 5.82 Å². The van der Waals surface area contributed by atoms with Gasteiger partial charge in [-0.25, -0.2) is 4.98 Å². The Morgan fingerprint density at radius 1 is 1.21 bits per heavy atom. The number of rotatable bonds is 5. The Morgan fingerprint density at radius 3 is 2.58 bits per heavy atom. The summed E-state index contributed by atoms with van der Waals surface area (Å²) in [5, 5.41) is 3.26. The molecule has 5 nitrogen and oxygen atoms in total. The summed E-state index contributed by atoms with van der Waals surface area (Å²) in [5.74, 6) is 1.84. The van der Waals surface area contributed by atoms with E-state index in [0.29, 0.717) is 0 Å².